The minimum Gasteiger partial charge on any atom is -0.508 e. The topological polar surface area (TPSA) is 228 Å². The monoisotopic (exact) mass is 510 g/mol. The average molecular weight is 511 g/mol. The SMILES string of the molecule is CC(C)CC(NC(=O)C(CO)NC(=O)C(N)CCC(=O)O)C(=O)NC(Cc1ccc(O)cc1)C(=O)O. The molecule has 0 aliphatic heterocycles. The van der Waals surface area contributed by atoms with Crippen LogP contribution >= 0.6 is 0 Å². The van der Waals surface area contributed by atoms with E-state index in [1.807, 2.05) is 0 Å². The van der Waals surface area contributed by atoms with Gasteiger partial charge in [-0.2, -0.15) is 0 Å². The Labute approximate surface area is 208 Å². The van der Waals surface area contributed by atoms with Gasteiger partial charge in [-0.25, -0.2) is 4.79 Å². The van der Waals surface area contributed by atoms with Gasteiger partial charge in [0.15, 0.2) is 0 Å². The van der Waals surface area contributed by atoms with Crippen LogP contribution in [-0.2, 0) is 30.4 Å². The van der Waals surface area contributed by atoms with Crippen molar-refractivity contribution < 1.29 is 44.4 Å². The summed E-state index contributed by atoms with van der Waals surface area (Å²) in [6.45, 7) is 2.74. The third kappa shape index (κ3) is 10.7. The molecule has 36 heavy (non-hydrogen) atoms. The summed E-state index contributed by atoms with van der Waals surface area (Å²) in [7, 11) is 0. The van der Waals surface area contributed by atoms with Gasteiger partial charge >= 0.3 is 11.9 Å². The summed E-state index contributed by atoms with van der Waals surface area (Å²) in [4.78, 5) is 60.1. The molecular formula is C23H34N4O9. The highest BCUT2D eigenvalue weighted by Crippen LogP contribution is 2.12. The van der Waals surface area contributed by atoms with Crippen molar-refractivity contribution in [2.45, 2.75) is 63.7 Å². The van der Waals surface area contributed by atoms with Gasteiger partial charge in [-0.1, -0.05) is 26.0 Å². The highest BCUT2D eigenvalue weighted by atomic mass is 16.4. The minimum absolute atomic E-state index is 0.00254. The Morgan fingerprint density at radius 1 is 0.861 bits per heavy atom. The molecule has 0 saturated carbocycles. The molecule has 200 valence electrons. The zero-order valence-electron chi connectivity index (χ0n) is 20.1. The third-order valence-electron chi connectivity index (χ3n) is 5.15. The normalized spacial score (nSPS) is 14.2. The van der Waals surface area contributed by atoms with Crippen LogP contribution in [0.5, 0.6) is 5.75 Å². The number of carbonyl (C=O) groups excluding carboxylic acids is 3. The van der Waals surface area contributed by atoms with Crippen LogP contribution in [0.25, 0.3) is 0 Å². The molecule has 13 nitrogen and oxygen atoms in total. The van der Waals surface area contributed by atoms with Crippen LogP contribution in [0.3, 0.4) is 0 Å². The van der Waals surface area contributed by atoms with Crippen LogP contribution in [-0.4, -0.2) is 80.9 Å². The Kier molecular flexibility index (Phi) is 12.3. The first-order valence-corrected chi connectivity index (χ1v) is 11.3. The first-order chi connectivity index (χ1) is 16.8. The number of aromatic hydroxyl groups is 1. The minimum atomic E-state index is -1.47. The molecule has 0 heterocycles. The number of nitrogens with one attached hydrogen (secondary N) is 3. The van der Waals surface area contributed by atoms with Gasteiger partial charge < -0.3 is 42.1 Å². The molecule has 9 N–H and O–H groups in total. The molecule has 0 spiro atoms. The number of rotatable bonds is 15. The van der Waals surface area contributed by atoms with Gasteiger partial charge in [0.25, 0.3) is 0 Å². The van der Waals surface area contributed by atoms with Crippen molar-refractivity contribution in [3.8, 4) is 5.75 Å². The third-order valence-corrected chi connectivity index (χ3v) is 5.15. The maximum atomic E-state index is 12.9. The van der Waals surface area contributed by atoms with E-state index in [0.717, 1.165) is 0 Å². The van der Waals surface area contributed by atoms with Gasteiger partial charge in [-0.3, -0.25) is 19.2 Å². The number of aliphatic carboxylic acids is 2. The zero-order valence-corrected chi connectivity index (χ0v) is 20.1. The number of aliphatic hydroxyl groups excluding tert-OH is 1. The lowest BCUT2D eigenvalue weighted by molar-refractivity contribution is -0.142. The molecule has 13 heteroatoms. The summed E-state index contributed by atoms with van der Waals surface area (Å²) in [5, 5.41) is 44.2. The molecule has 4 atom stereocenters. The van der Waals surface area contributed by atoms with E-state index in [2.05, 4.69) is 16.0 Å². The van der Waals surface area contributed by atoms with E-state index in [1.165, 1.54) is 24.3 Å². The van der Waals surface area contributed by atoms with Crippen LogP contribution in [0.1, 0.15) is 38.7 Å². The van der Waals surface area contributed by atoms with Crippen molar-refractivity contribution in [1.29, 1.82) is 0 Å². The van der Waals surface area contributed by atoms with E-state index < -0.39 is 60.4 Å². The van der Waals surface area contributed by atoms with Crippen LogP contribution in [0, 0.1) is 5.92 Å². The van der Waals surface area contributed by atoms with E-state index in [1.54, 1.807) is 13.8 Å². The quantitative estimate of drug-likeness (QED) is 0.139. The molecule has 0 saturated heterocycles. The summed E-state index contributed by atoms with van der Waals surface area (Å²) < 4.78 is 0. The summed E-state index contributed by atoms with van der Waals surface area (Å²) in [6.07, 6.45) is -0.492. The van der Waals surface area contributed by atoms with E-state index in [-0.39, 0.29) is 37.4 Å². The zero-order chi connectivity index (χ0) is 27.4. The highest BCUT2D eigenvalue weighted by Gasteiger charge is 2.30. The molecule has 1 rings (SSSR count). The molecule has 0 bridgehead atoms. The summed E-state index contributed by atoms with van der Waals surface area (Å²) in [6, 6.07) is 0.599. The highest BCUT2D eigenvalue weighted by molar-refractivity contribution is 5.94. The van der Waals surface area contributed by atoms with Crippen molar-refractivity contribution in [3.63, 3.8) is 0 Å². The van der Waals surface area contributed by atoms with Crippen LogP contribution in [0.4, 0.5) is 0 Å². The van der Waals surface area contributed by atoms with Gasteiger partial charge in [-0.15, -0.1) is 0 Å². The van der Waals surface area contributed by atoms with Crippen molar-refractivity contribution in [2.24, 2.45) is 11.7 Å². The number of carbonyl (C=O) groups is 5. The number of nitrogens with two attached hydrogens (primary N) is 1. The van der Waals surface area contributed by atoms with Crippen LogP contribution in [0.2, 0.25) is 0 Å². The number of carboxylic acid groups (broad SMARTS) is 2. The lowest BCUT2D eigenvalue weighted by Gasteiger charge is -2.25. The van der Waals surface area contributed by atoms with Crippen LogP contribution < -0.4 is 21.7 Å². The van der Waals surface area contributed by atoms with Gasteiger partial charge in [0.05, 0.1) is 12.6 Å². The van der Waals surface area contributed by atoms with Crippen molar-refractivity contribution in [3.05, 3.63) is 29.8 Å². The fourth-order valence-corrected chi connectivity index (χ4v) is 3.20. The lowest BCUT2D eigenvalue weighted by Crippen LogP contribution is -2.58. The Balaban J connectivity index is 2.89. The predicted molar refractivity (Wildman–Crippen MR) is 127 cm³/mol. The molecule has 1 aromatic carbocycles. The summed E-state index contributed by atoms with van der Waals surface area (Å²) >= 11 is 0. The molecule has 3 amide bonds. The largest absolute Gasteiger partial charge is 0.508 e. The van der Waals surface area contributed by atoms with E-state index in [0.29, 0.717) is 5.56 Å². The molecule has 0 fully saturated rings. The number of phenols is 1. The number of hydrogen-bond acceptors (Lipinski definition) is 8. The van der Waals surface area contributed by atoms with E-state index >= 15 is 0 Å². The second-order valence-electron chi connectivity index (χ2n) is 8.74. The summed E-state index contributed by atoms with van der Waals surface area (Å²) in [5.74, 6) is -5.07. The van der Waals surface area contributed by atoms with Crippen molar-refractivity contribution in [1.82, 2.24) is 16.0 Å². The van der Waals surface area contributed by atoms with E-state index in [4.69, 9.17) is 10.8 Å². The summed E-state index contributed by atoms with van der Waals surface area (Å²) in [5.41, 5.74) is 6.16. The van der Waals surface area contributed by atoms with Crippen LogP contribution in [0.15, 0.2) is 24.3 Å². The second kappa shape index (κ2) is 14.6. The number of benzene rings is 1. The first-order valence-electron chi connectivity index (χ1n) is 11.3. The number of phenolic OH excluding ortho intramolecular Hbond substituents is 1. The van der Waals surface area contributed by atoms with Crippen molar-refractivity contribution >= 4 is 29.7 Å². The van der Waals surface area contributed by atoms with Gasteiger partial charge in [0.2, 0.25) is 17.7 Å². The number of amides is 3. The first kappa shape index (κ1) is 30.3. The predicted octanol–water partition coefficient (Wildman–Crippen LogP) is -1.30. The molecule has 0 aliphatic carbocycles. The van der Waals surface area contributed by atoms with Gasteiger partial charge in [0, 0.05) is 12.8 Å². The Morgan fingerprint density at radius 3 is 1.89 bits per heavy atom. The Hall–Kier alpha value is -3.71. The smallest absolute Gasteiger partial charge is 0.326 e. The standard InChI is InChI=1S/C23H34N4O9/c1-12(2)9-16(21(33)26-17(23(35)36)10-13-3-5-14(29)6-4-13)25-22(34)18(11-28)27-20(32)15(24)7-8-19(30)31/h3-6,12,15-18,28-29H,7-11,24H2,1-2H3,(H,25,34)(H,26,33)(H,27,32)(H,30,31)(H,35,36). The number of hydrogen-bond donors (Lipinski definition) is 8. The molecule has 1 aromatic rings. The maximum absolute atomic E-state index is 12.9. The molecular weight excluding hydrogens is 476 g/mol. The Bertz CT molecular complexity index is 921. The molecule has 0 radical (unpaired) electrons. The average Bonchev–Trinajstić information content (AvgIpc) is 2.80. The number of aliphatic hydroxyl groups is 1. The van der Waals surface area contributed by atoms with Gasteiger partial charge in [-0.05, 0) is 36.5 Å². The van der Waals surface area contributed by atoms with Crippen molar-refractivity contribution in [2.75, 3.05) is 6.61 Å². The Morgan fingerprint density at radius 2 is 1.39 bits per heavy atom. The van der Waals surface area contributed by atoms with Gasteiger partial charge in [0.1, 0.15) is 23.9 Å². The lowest BCUT2D eigenvalue weighted by atomic mass is 10.0. The second-order valence-corrected chi connectivity index (χ2v) is 8.74. The fraction of sp³-hybridized carbons (Fsp3) is 0.522. The fourth-order valence-electron chi connectivity index (χ4n) is 3.20. The van der Waals surface area contributed by atoms with E-state index in [9.17, 15) is 39.3 Å². The molecule has 0 aliphatic rings. The molecule has 0 aromatic heterocycles. The maximum Gasteiger partial charge on any atom is 0.326 e. The number of carboxylic acids is 2. The molecule has 4 unspecified atom stereocenters.